The molecule has 0 N–H and O–H groups in total. The third kappa shape index (κ3) is 1.72. The molecule has 0 spiro atoms. The van der Waals surface area contributed by atoms with E-state index in [-0.39, 0.29) is 11.9 Å². The zero-order valence-corrected chi connectivity index (χ0v) is 10.1. The Morgan fingerprint density at radius 1 is 1.50 bits per heavy atom. The van der Waals surface area contributed by atoms with Crippen LogP contribution in [0.3, 0.4) is 0 Å². The Balaban J connectivity index is 1.87. The number of benzene rings is 1. The summed E-state index contributed by atoms with van der Waals surface area (Å²) in [4.78, 5) is 14.0. The van der Waals surface area contributed by atoms with Crippen molar-refractivity contribution in [3.8, 4) is 11.8 Å². The van der Waals surface area contributed by atoms with Gasteiger partial charge in [0.15, 0.2) is 0 Å². The fraction of sp³-hybridized carbons (Fsp3) is 0.429. The smallest absolute Gasteiger partial charge is 0.254 e. The molecule has 1 unspecified atom stereocenters. The summed E-state index contributed by atoms with van der Waals surface area (Å²) < 4.78 is 5.42. The van der Waals surface area contributed by atoms with E-state index >= 15 is 0 Å². The van der Waals surface area contributed by atoms with E-state index in [1.165, 1.54) is 0 Å². The van der Waals surface area contributed by atoms with E-state index in [1.807, 2.05) is 12.1 Å². The van der Waals surface area contributed by atoms with Crippen LogP contribution in [-0.2, 0) is 6.42 Å². The fourth-order valence-electron chi connectivity index (χ4n) is 2.63. The van der Waals surface area contributed by atoms with Crippen LogP contribution in [0.15, 0.2) is 18.2 Å². The van der Waals surface area contributed by atoms with Crippen molar-refractivity contribution in [2.75, 3.05) is 13.2 Å². The molecule has 2 aliphatic heterocycles. The van der Waals surface area contributed by atoms with Gasteiger partial charge in [-0.2, -0.15) is 5.26 Å². The maximum Gasteiger partial charge on any atom is 0.254 e. The summed E-state index contributed by atoms with van der Waals surface area (Å²) in [5.74, 6) is 0.846. The molecule has 1 aromatic carbocycles. The second-order valence-corrected chi connectivity index (χ2v) is 4.71. The Bertz CT molecular complexity index is 533. The minimum absolute atomic E-state index is 0.0336. The van der Waals surface area contributed by atoms with Crippen molar-refractivity contribution in [1.82, 2.24) is 4.90 Å². The number of carbonyl (C=O) groups is 1. The highest BCUT2D eigenvalue weighted by atomic mass is 16.5. The number of ether oxygens (including phenoxy) is 1. The first-order valence-corrected chi connectivity index (χ1v) is 6.26. The predicted octanol–water partition coefficient (Wildman–Crippen LogP) is 1.75. The second kappa shape index (κ2) is 4.34. The number of hydrogen-bond acceptors (Lipinski definition) is 3. The monoisotopic (exact) mass is 242 g/mol. The van der Waals surface area contributed by atoms with E-state index in [1.54, 1.807) is 11.0 Å². The summed E-state index contributed by atoms with van der Waals surface area (Å²) in [7, 11) is 0. The molecule has 18 heavy (non-hydrogen) atoms. The molecular formula is C14H14N2O2. The van der Waals surface area contributed by atoms with Crippen molar-refractivity contribution in [3.05, 3.63) is 29.3 Å². The molecule has 0 radical (unpaired) electrons. The van der Waals surface area contributed by atoms with Crippen LogP contribution in [0.2, 0.25) is 0 Å². The molecule has 92 valence electrons. The SMILES string of the molecule is N#CC1CCCN1C(=O)c1ccc2c(c1)CCO2. The zero-order chi connectivity index (χ0) is 12.5. The number of rotatable bonds is 1. The van der Waals surface area contributed by atoms with Crippen molar-refractivity contribution < 1.29 is 9.53 Å². The third-order valence-electron chi connectivity index (χ3n) is 3.60. The highest BCUT2D eigenvalue weighted by molar-refractivity contribution is 5.95. The summed E-state index contributed by atoms with van der Waals surface area (Å²) in [5.41, 5.74) is 1.76. The van der Waals surface area contributed by atoms with Gasteiger partial charge in [-0.1, -0.05) is 0 Å². The average molecular weight is 242 g/mol. The molecule has 0 aromatic heterocycles. The zero-order valence-electron chi connectivity index (χ0n) is 10.1. The van der Waals surface area contributed by atoms with Gasteiger partial charge in [0, 0.05) is 18.5 Å². The lowest BCUT2D eigenvalue weighted by Crippen LogP contribution is -2.34. The van der Waals surface area contributed by atoms with Gasteiger partial charge in [-0.15, -0.1) is 0 Å². The molecular weight excluding hydrogens is 228 g/mol. The number of amides is 1. The lowest BCUT2D eigenvalue weighted by Gasteiger charge is -2.19. The molecule has 0 bridgehead atoms. The number of likely N-dealkylation sites (tertiary alicyclic amines) is 1. The molecule has 2 aliphatic rings. The van der Waals surface area contributed by atoms with Gasteiger partial charge in [0.25, 0.3) is 5.91 Å². The van der Waals surface area contributed by atoms with E-state index in [4.69, 9.17) is 10.00 Å². The van der Waals surface area contributed by atoms with Crippen LogP contribution in [-0.4, -0.2) is 30.0 Å². The van der Waals surface area contributed by atoms with Gasteiger partial charge in [-0.05, 0) is 36.6 Å². The van der Waals surface area contributed by atoms with Gasteiger partial charge in [0.1, 0.15) is 11.8 Å². The van der Waals surface area contributed by atoms with Crippen LogP contribution in [0.5, 0.6) is 5.75 Å². The van der Waals surface area contributed by atoms with Gasteiger partial charge >= 0.3 is 0 Å². The maximum atomic E-state index is 12.4. The van der Waals surface area contributed by atoms with E-state index in [9.17, 15) is 4.79 Å². The van der Waals surface area contributed by atoms with E-state index in [2.05, 4.69) is 6.07 Å². The van der Waals surface area contributed by atoms with E-state index in [0.29, 0.717) is 18.7 Å². The van der Waals surface area contributed by atoms with Crippen molar-refractivity contribution in [3.63, 3.8) is 0 Å². The Labute approximate surface area is 106 Å². The van der Waals surface area contributed by atoms with Crippen LogP contribution in [0, 0.1) is 11.3 Å². The minimum atomic E-state index is -0.262. The molecule has 2 heterocycles. The number of hydrogen-bond donors (Lipinski definition) is 0. The summed E-state index contributed by atoms with van der Waals surface area (Å²) in [6, 6.07) is 7.48. The Kier molecular flexibility index (Phi) is 2.67. The Hall–Kier alpha value is -2.02. The Morgan fingerprint density at radius 2 is 2.39 bits per heavy atom. The van der Waals surface area contributed by atoms with Gasteiger partial charge in [0.05, 0.1) is 12.7 Å². The van der Waals surface area contributed by atoms with Crippen molar-refractivity contribution in [2.45, 2.75) is 25.3 Å². The first-order valence-electron chi connectivity index (χ1n) is 6.26. The van der Waals surface area contributed by atoms with Crippen LogP contribution in [0.1, 0.15) is 28.8 Å². The van der Waals surface area contributed by atoms with Crippen molar-refractivity contribution >= 4 is 5.91 Å². The lowest BCUT2D eigenvalue weighted by atomic mass is 10.1. The van der Waals surface area contributed by atoms with Gasteiger partial charge < -0.3 is 9.64 Å². The Morgan fingerprint density at radius 3 is 3.22 bits per heavy atom. The normalized spacial score (nSPS) is 21.3. The second-order valence-electron chi connectivity index (χ2n) is 4.71. The molecule has 1 aromatic rings. The summed E-state index contributed by atoms with van der Waals surface area (Å²) in [6.45, 7) is 1.38. The molecule has 4 nitrogen and oxygen atoms in total. The van der Waals surface area contributed by atoms with Gasteiger partial charge in [-0.25, -0.2) is 0 Å². The molecule has 4 heteroatoms. The van der Waals surface area contributed by atoms with Gasteiger partial charge in [-0.3, -0.25) is 4.79 Å². The average Bonchev–Trinajstić information content (AvgIpc) is 3.05. The molecule has 0 aliphatic carbocycles. The quantitative estimate of drug-likeness (QED) is 0.754. The van der Waals surface area contributed by atoms with Crippen molar-refractivity contribution in [1.29, 1.82) is 5.26 Å². The van der Waals surface area contributed by atoms with Crippen LogP contribution in [0.4, 0.5) is 0 Å². The highest BCUT2D eigenvalue weighted by Crippen LogP contribution is 2.27. The number of carbonyl (C=O) groups excluding carboxylic acids is 1. The number of nitriles is 1. The summed E-state index contributed by atoms with van der Waals surface area (Å²) in [6.07, 6.45) is 2.56. The topological polar surface area (TPSA) is 53.3 Å². The molecule has 0 saturated carbocycles. The third-order valence-corrected chi connectivity index (χ3v) is 3.60. The fourth-order valence-corrected chi connectivity index (χ4v) is 2.63. The predicted molar refractivity (Wildman–Crippen MR) is 65.3 cm³/mol. The molecule has 1 atom stereocenters. The first kappa shape index (κ1) is 11.1. The maximum absolute atomic E-state index is 12.4. The molecule has 1 fully saturated rings. The minimum Gasteiger partial charge on any atom is -0.493 e. The van der Waals surface area contributed by atoms with Crippen molar-refractivity contribution in [2.24, 2.45) is 0 Å². The summed E-state index contributed by atoms with van der Waals surface area (Å²) in [5, 5.41) is 9.02. The largest absolute Gasteiger partial charge is 0.493 e. The van der Waals surface area contributed by atoms with Crippen LogP contribution < -0.4 is 4.74 Å². The molecule has 1 amide bonds. The van der Waals surface area contributed by atoms with E-state index < -0.39 is 0 Å². The standard InChI is InChI=1S/C14H14N2O2/c15-9-12-2-1-6-16(12)14(17)11-3-4-13-10(8-11)5-7-18-13/h3-4,8,12H,1-2,5-7H2. The van der Waals surface area contributed by atoms with Crippen LogP contribution >= 0.6 is 0 Å². The number of fused-ring (bicyclic) bond motifs is 1. The number of nitrogens with zero attached hydrogens (tertiary/aromatic N) is 2. The van der Waals surface area contributed by atoms with Crippen LogP contribution in [0.25, 0.3) is 0 Å². The lowest BCUT2D eigenvalue weighted by molar-refractivity contribution is 0.0765. The molecule has 3 rings (SSSR count). The molecule has 1 saturated heterocycles. The van der Waals surface area contributed by atoms with E-state index in [0.717, 1.165) is 30.6 Å². The first-order chi connectivity index (χ1) is 8.79. The highest BCUT2D eigenvalue weighted by Gasteiger charge is 2.29. The van der Waals surface area contributed by atoms with Gasteiger partial charge in [0.2, 0.25) is 0 Å². The summed E-state index contributed by atoms with van der Waals surface area (Å²) >= 11 is 0.